The molecule has 116 valence electrons. The summed E-state index contributed by atoms with van der Waals surface area (Å²) in [6, 6.07) is 4.65. The van der Waals surface area contributed by atoms with Crippen molar-refractivity contribution in [2.24, 2.45) is 5.92 Å². The first-order chi connectivity index (χ1) is 10.0. The van der Waals surface area contributed by atoms with Crippen LogP contribution in [0.25, 0.3) is 0 Å². The summed E-state index contributed by atoms with van der Waals surface area (Å²) in [5.41, 5.74) is 1.95. The molecule has 21 heavy (non-hydrogen) atoms. The fraction of sp³-hybridized carbons (Fsp3) is 0.625. The predicted molar refractivity (Wildman–Crippen MR) is 75.5 cm³/mol. The summed E-state index contributed by atoms with van der Waals surface area (Å²) in [6.07, 6.45) is 2.75. The highest BCUT2D eigenvalue weighted by atomic mass is 19.4. The van der Waals surface area contributed by atoms with Gasteiger partial charge < -0.3 is 10.1 Å². The van der Waals surface area contributed by atoms with Gasteiger partial charge in [-0.2, -0.15) is 0 Å². The monoisotopic (exact) mass is 299 g/mol. The molecule has 1 fully saturated rings. The number of hydrogen-bond acceptors (Lipinski definition) is 2. The van der Waals surface area contributed by atoms with Gasteiger partial charge in [0.05, 0.1) is 0 Å². The lowest BCUT2D eigenvalue weighted by atomic mass is 9.82. The topological polar surface area (TPSA) is 21.3 Å². The first-order valence-electron chi connectivity index (χ1n) is 7.66. The van der Waals surface area contributed by atoms with Crippen molar-refractivity contribution in [3.8, 4) is 5.75 Å². The third-order valence-corrected chi connectivity index (χ3v) is 4.64. The van der Waals surface area contributed by atoms with Crippen LogP contribution in [0.1, 0.15) is 50.0 Å². The van der Waals surface area contributed by atoms with E-state index in [1.807, 2.05) is 0 Å². The highest BCUT2D eigenvalue weighted by Gasteiger charge is 2.34. The standard InChI is InChI=1S/C16H20F3NO/c17-16(18,19)21-12-7-8-15-13(9-12)14(10-20-15)11-5-3-1-2-4-6-11/h7-9,11,14,20H,1-6,10H2. The van der Waals surface area contributed by atoms with Crippen molar-refractivity contribution in [1.29, 1.82) is 0 Å². The molecule has 0 amide bonds. The molecule has 2 nitrogen and oxygen atoms in total. The van der Waals surface area contributed by atoms with Gasteiger partial charge >= 0.3 is 6.36 Å². The molecule has 2 aliphatic rings. The maximum atomic E-state index is 12.4. The second-order valence-electron chi connectivity index (χ2n) is 6.04. The molecule has 0 saturated heterocycles. The summed E-state index contributed by atoms with van der Waals surface area (Å²) in [5.74, 6) is 0.779. The zero-order valence-electron chi connectivity index (χ0n) is 11.9. The van der Waals surface area contributed by atoms with E-state index in [9.17, 15) is 13.2 Å². The van der Waals surface area contributed by atoms with Gasteiger partial charge in [-0.05, 0) is 42.5 Å². The lowest BCUT2D eigenvalue weighted by molar-refractivity contribution is -0.274. The molecule has 0 aromatic heterocycles. The largest absolute Gasteiger partial charge is 0.573 e. The molecule has 5 heteroatoms. The van der Waals surface area contributed by atoms with E-state index in [2.05, 4.69) is 10.1 Å². The van der Waals surface area contributed by atoms with E-state index in [1.54, 1.807) is 12.1 Å². The van der Waals surface area contributed by atoms with Crippen molar-refractivity contribution in [3.05, 3.63) is 23.8 Å². The van der Waals surface area contributed by atoms with Crippen molar-refractivity contribution < 1.29 is 17.9 Å². The molecule has 3 rings (SSSR count). The number of fused-ring (bicyclic) bond motifs is 1. The van der Waals surface area contributed by atoms with Gasteiger partial charge in [0.15, 0.2) is 0 Å². The van der Waals surface area contributed by atoms with Crippen molar-refractivity contribution in [2.75, 3.05) is 11.9 Å². The van der Waals surface area contributed by atoms with Crippen molar-refractivity contribution in [1.82, 2.24) is 0 Å². The quantitative estimate of drug-likeness (QED) is 0.770. The number of rotatable bonds is 2. The second kappa shape index (κ2) is 5.78. The minimum atomic E-state index is -4.63. The first-order valence-corrected chi connectivity index (χ1v) is 7.66. The van der Waals surface area contributed by atoms with Gasteiger partial charge in [0, 0.05) is 18.2 Å². The SMILES string of the molecule is FC(F)(F)Oc1ccc2c(c1)C(C1CCCCCC1)CN2. The number of benzene rings is 1. The van der Waals surface area contributed by atoms with Crippen LogP contribution in [0.4, 0.5) is 18.9 Å². The highest BCUT2D eigenvalue weighted by Crippen LogP contribution is 2.43. The average molecular weight is 299 g/mol. The summed E-state index contributed by atoms with van der Waals surface area (Å²) in [6.45, 7) is 0.829. The highest BCUT2D eigenvalue weighted by molar-refractivity contribution is 5.60. The van der Waals surface area contributed by atoms with Crippen LogP contribution in [0.5, 0.6) is 5.75 Å². The zero-order valence-corrected chi connectivity index (χ0v) is 11.9. The van der Waals surface area contributed by atoms with E-state index in [0.29, 0.717) is 11.8 Å². The van der Waals surface area contributed by atoms with E-state index in [-0.39, 0.29) is 5.75 Å². The van der Waals surface area contributed by atoms with Crippen LogP contribution in [0.3, 0.4) is 0 Å². The molecule has 1 N–H and O–H groups in total. The molecule has 1 aromatic rings. The molecule has 1 atom stereocenters. The normalized spacial score (nSPS) is 23.3. The second-order valence-corrected chi connectivity index (χ2v) is 6.04. The van der Waals surface area contributed by atoms with E-state index in [1.165, 1.54) is 44.6 Å². The fourth-order valence-corrected chi connectivity index (χ4v) is 3.67. The van der Waals surface area contributed by atoms with Gasteiger partial charge in [-0.25, -0.2) is 0 Å². The molecule has 1 saturated carbocycles. The Hall–Kier alpha value is -1.39. The predicted octanol–water partition coefficient (Wildman–Crippen LogP) is 5.06. The van der Waals surface area contributed by atoms with Gasteiger partial charge in [0.2, 0.25) is 0 Å². The van der Waals surface area contributed by atoms with Gasteiger partial charge in [0.25, 0.3) is 0 Å². The van der Waals surface area contributed by atoms with Crippen molar-refractivity contribution in [3.63, 3.8) is 0 Å². The van der Waals surface area contributed by atoms with Gasteiger partial charge in [-0.1, -0.05) is 25.7 Å². The van der Waals surface area contributed by atoms with Crippen LogP contribution in [0, 0.1) is 5.92 Å². The van der Waals surface area contributed by atoms with Crippen molar-refractivity contribution in [2.45, 2.75) is 50.8 Å². The molecule has 1 aliphatic heterocycles. The van der Waals surface area contributed by atoms with E-state index < -0.39 is 6.36 Å². The van der Waals surface area contributed by atoms with Gasteiger partial charge in [0.1, 0.15) is 5.75 Å². The summed E-state index contributed by atoms with van der Waals surface area (Å²) < 4.78 is 41.1. The Kier molecular flexibility index (Phi) is 4.00. The van der Waals surface area contributed by atoms with Crippen LogP contribution in [-0.2, 0) is 0 Å². The van der Waals surface area contributed by atoms with E-state index >= 15 is 0 Å². The van der Waals surface area contributed by atoms with E-state index in [0.717, 1.165) is 17.8 Å². The van der Waals surface area contributed by atoms with Gasteiger partial charge in [-0.15, -0.1) is 13.2 Å². The molecule has 1 aromatic carbocycles. The Morgan fingerprint density at radius 2 is 1.76 bits per heavy atom. The van der Waals surface area contributed by atoms with Gasteiger partial charge in [-0.3, -0.25) is 0 Å². The van der Waals surface area contributed by atoms with Crippen LogP contribution in [0.2, 0.25) is 0 Å². The van der Waals surface area contributed by atoms with Crippen LogP contribution in [0.15, 0.2) is 18.2 Å². The molecular formula is C16H20F3NO. The Balaban J connectivity index is 1.80. The lowest BCUT2D eigenvalue weighted by Gasteiger charge is -2.22. The molecule has 0 bridgehead atoms. The first kappa shape index (κ1) is 14.5. The van der Waals surface area contributed by atoms with E-state index in [4.69, 9.17) is 0 Å². The maximum absolute atomic E-state index is 12.4. The minimum absolute atomic E-state index is 0.108. The smallest absolute Gasteiger partial charge is 0.406 e. The zero-order chi connectivity index (χ0) is 14.9. The number of nitrogens with one attached hydrogen (secondary N) is 1. The molecule has 1 unspecified atom stereocenters. The number of anilines is 1. The Morgan fingerprint density at radius 1 is 1.05 bits per heavy atom. The Labute approximate surface area is 122 Å². The lowest BCUT2D eigenvalue weighted by Crippen LogP contribution is -2.17. The van der Waals surface area contributed by atoms with Crippen LogP contribution in [-0.4, -0.2) is 12.9 Å². The number of hydrogen-bond donors (Lipinski definition) is 1. The van der Waals surface area contributed by atoms with Crippen LogP contribution >= 0.6 is 0 Å². The summed E-state index contributed by atoms with van der Waals surface area (Å²) in [4.78, 5) is 0. The summed E-state index contributed by atoms with van der Waals surface area (Å²) in [7, 11) is 0. The fourth-order valence-electron chi connectivity index (χ4n) is 3.67. The van der Waals surface area contributed by atoms with Crippen molar-refractivity contribution >= 4 is 5.69 Å². The third kappa shape index (κ3) is 3.44. The summed E-state index contributed by atoms with van der Waals surface area (Å²) >= 11 is 0. The minimum Gasteiger partial charge on any atom is -0.406 e. The summed E-state index contributed by atoms with van der Waals surface area (Å²) in [5, 5.41) is 3.32. The number of alkyl halides is 3. The Morgan fingerprint density at radius 3 is 2.43 bits per heavy atom. The molecular weight excluding hydrogens is 279 g/mol. The average Bonchev–Trinajstić information content (AvgIpc) is 2.64. The Bertz CT molecular complexity index is 493. The molecule has 1 heterocycles. The number of ether oxygens (including phenoxy) is 1. The maximum Gasteiger partial charge on any atom is 0.573 e. The molecule has 0 radical (unpaired) electrons. The number of halogens is 3. The molecule has 1 aliphatic carbocycles. The third-order valence-electron chi connectivity index (χ3n) is 4.64. The van der Waals surface area contributed by atoms with Crippen LogP contribution < -0.4 is 10.1 Å². The molecule has 0 spiro atoms.